The van der Waals surface area contributed by atoms with Gasteiger partial charge in [-0.25, -0.2) is 4.98 Å². The Balaban J connectivity index is 2.19. The molecule has 0 saturated heterocycles. The molecule has 1 heterocycles. The van der Waals surface area contributed by atoms with Crippen molar-refractivity contribution in [3.05, 3.63) is 58.7 Å². The Bertz CT molecular complexity index is 590. The van der Waals surface area contributed by atoms with Gasteiger partial charge >= 0.3 is 0 Å². The van der Waals surface area contributed by atoms with Gasteiger partial charge in [0.2, 0.25) is 0 Å². The highest BCUT2D eigenvalue weighted by atomic mass is 35.5. The van der Waals surface area contributed by atoms with Gasteiger partial charge in [-0.1, -0.05) is 23.7 Å². The quantitative estimate of drug-likeness (QED) is 0.847. The van der Waals surface area contributed by atoms with Gasteiger partial charge in [0.25, 0.3) is 0 Å². The van der Waals surface area contributed by atoms with Crippen LogP contribution in [0.2, 0.25) is 5.02 Å². The summed E-state index contributed by atoms with van der Waals surface area (Å²) in [7, 11) is 1.92. The van der Waals surface area contributed by atoms with E-state index >= 15 is 0 Å². The van der Waals surface area contributed by atoms with E-state index in [-0.39, 0.29) is 0 Å². The van der Waals surface area contributed by atoms with Crippen molar-refractivity contribution in [1.29, 1.82) is 5.26 Å². The summed E-state index contributed by atoms with van der Waals surface area (Å²) in [6, 6.07) is 13.3. The fourth-order valence-electron chi connectivity index (χ4n) is 1.75. The molecule has 0 bridgehead atoms. The van der Waals surface area contributed by atoms with E-state index < -0.39 is 0 Å². The molecule has 2 aromatic rings. The summed E-state index contributed by atoms with van der Waals surface area (Å²) >= 11 is 6.09. The summed E-state index contributed by atoms with van der Waals surface area (Å²) < 4.78 is 0. The predicted octanol–water partition coefficient (Wildman–Crippen LogP) is 3.24. The van der Waals surface area contributed by atoms with E-state index in [0.717, 1.165) is 11.4 Å². The Morgan fingerprint density at radius 2 is 2.17 bits per heavy atom. The highest BCUT2D eigenvalue weighted by Crippen LogP contribution is 2.22. The van der Waals surface area contributed by atoms with Gasteiger partial charge in [0.1, 0.15) is 5.82 Å². The molecule has 0 N–H and O–H groups in total. The van der Waals surface area contributed by atoms with Crippen LogP contribution in [0.25, 0.3) is 0 Å². The number of hydrogen-bond acceptors (Lipinski definition) is 3. The zero-order chi connectivity index (χ0) is 13.0. The van der Waals surface area contributed by atoms with Crippen molar-refractivity contribution in [3.63, 3.8) is 0 Å². The molecule has 4 heteroatoms. The zero-order valence-corrected chi connectivity index (χ0v) is 10.7. The second-order valence-corrected chi connectivity index (χ2v) is 4.38. The second-order valence-electron chi connectivity index (χ2n) is 3.98. The number of halogens is 1. The van der Waals surface area contributed by atoms with Crippen molar-refractivity contribution in [3.8, 4) is 6.07 Å². The van der Waals surface area contributed by atoms with E-state index in [1.165, 1.54) is 0 Å². The number of rotatable bonds is 3. The highest BCUT2D eigenvalue weighted by molar-refractivity contribution is 6.32. The molecule has 0 aliphatic heterocycles. The molecule has 0 aliphatic rings. The highest BCUT2D eigenvalue weighted by Gasteiger charge is 2.07. The van der Waals surface area contributed by atoms with Gasteiger partial charge in [-0.15, -0.1) is 0 Å². The minimum atomic E-state index is 0.622. The lowest BCUT2D eigenvalue weighted by molar-refractivity contribution is 0.898. The van der Waals surface area contributed by atoms with Crippen LogP contribution in [0.15, 0.2) is 42.6 Å². The van der Waals surface area contributed by atoms with E-state index in [2.05, 4.69) is 11.1 Å². The van der Waals surface area contributed by atoms with Crippen LogP contribution in [0, 0.1) is 11.3 Å². The molecule has 90 valence electrons. The first-order valence-electron chi connectivity index (χ1n) is 5.51. The van der Waals surface area contributed by atoms with Crippen LogP contribution in [0.4, 0.5) is 5.82 Å². The molecule has 0 saturated carbocycles. The fourth-order valence-corrected chi connectivity index (χ4v) is 2.01. The van der Waals surface area contributed by atoms with Crippen molar-refractivity contribution in [2.75, 3.05) is 11.9 Å². The maximum Gasteiger partial charge on any atom is 0.147 e. The lowest BCUT2D eigenvalue weighted by Gasteiger charge is -2.19. The van der Waals surface area contributed by atoms with Crippen molar-refractivity contribution >= 4 is 17.4 Å². The lowest BCUT2D eigenvalue weighted by atomic mass is 10.1. The van der Waals surface area contributed by atoms with Gasteiger partial charge in [-0.2, -0.15) is 5.26 Å². The monoisotopic (exact) mass is 257 g/mol. The van der Waals surface area contributed by atoms with Gasteiger partial charge in [0.05, 0.1) is 16.7 Å². The minimum absolute atomic E-state index is 0.622. The summed E-state index contributed by atoms with van der Waals surface area (Å²) in [6.07, 6.45) is 1.71. The number of anilines is 1. The van der Waals surface area contributed by atoms with E-state index in [1.807, 2.05) is 36.2 Å². The minimum Gasteiger partial charge on any atom is -0.354 e. The first-order valence-corrected chi connectivity index (χ1v) is 5.89. The molecule has 1 aromatic carbocycles. The normalized spacial score (nSPS) is 9.83. The topological polar surface area (TPSA) is 39.9 Å². The molecule has 3 nitrogen and oxygen atoms in total. The third-order valence-corrected chi connectivity index (χ3v) is 2.87. The summed E-state index contributed by atoms with van der Waals surface area (Å²) in [6.45, 7) is 0.659. The fraction of sp³-hybridized carbons (Fsp3) is 0.143. The third-order valence-electron chi connectivity index (χ3n) is 2.58. The van der Waals surface area contributed by atoms with Crippen molar-refractivity contribution in [2.45, 2.75) is 6.54 Å². The maximum atomic E-state index is 8.86. The number of aromatic nitrogens is 1. The average molecular weight is 258 g/mol. The number of pyridine rings is 1. The molecular weight excluding hydrogens is 246 g/mol. The summed E-state index contributed by atoms with van der Waals surface area (Å²) in [4.78, 5) is 6.20. The van der Waals surface area contributed by atoms with Gasteiger partial charge in [-0.05, 0) is 29.8 Å². The van der Waals surface area contributed by atoms with E-state index in [9.17, 15) is 0 Å². The van der Waals surface area contributed by atoms with Gasteiger partial charge in [0, 0.05) is 19.8 Å². The predicted molar refractivity (Wildman–Crippen MR) is 72.5 cm³/mol. The van der Waals surface area contributed by atoms with Crippen molar-refractivity contribution in [2.24, 2.45) is 0 Å². The van der Waals surface area contributed by atoms with Crippen LogP contribution in [-0.4, -0.2) is 12.0 Å². The maximum absolute atomic E-state index is 8.86. The molecule has 18 heavy (non-hydrogen) atoms. The molecule has 0 atom stereocenters. The number of nitriles is 1. The SMILES string of the molecule is CN(Cc1cccc(C#N)c1)c1ncccc1Cl. The van der Waals surface area contributed by atoms with Gasteiger partial charge < -0.3 is 4.90 Å². The molecule has 0 aliphatic carbocycles. The smallest absolute Gasteiger partial charge is 0.147 e. The average Bonchev–Trinajstić information content (AvgIpc) is 2.39. The van der Waals surface area contributed by atoms with Crippen LogP contribution in [-0.2, 0) is 6.54 Å². The first-order chi connectivity index (χ1) is 8.70. The van der Waals surface area contributed by atoms with Crippen LogP contribution >= 0.6 is 11.6 Å². The van der Waals surface area contributed by atoms with Crippen LogP contribution in [0.3, 0.4) is 0 Å². The standard InChI is InChI=1S/C14H12ClN3/c1-18(14-13(15)6-3-7-17-14)10-12-5-2-4-11(8-12)9-16/h2-8H,10H2,1H3. The molecule has 2 rings (SSSR count). The molecular formula is C14H12ClN3. The molecule has 0 unspecified atom stereocenters. The molecule has 0 fully saturated rings. The molecule has 0 radical (unpaired) electrons. The summed E-state index contributed by atoms with van der Waals surface area (Å²) in [5.41, 5.74) is 1.71. The van der Waals surface area contributed by atoms with Crippen LogP contribution in [0.1, 0.15) is 11.1 Å². The largest absolute Gasteiger partial charge is 0.354 e. The molecule has 0 spiro atoms. The summed E-state index contributed by atoms with van der Waals surface area (Å²) in [5.74, 6) is 0.738. The zero-order valence-electron chi connectivity index (χ0n) is 9.97. The second kappa shape index (κ2) is 5.52. The first kappa shape index (κ1) is 12.4. The number of hydrogen-bond donors (Lipinski definition) is 0. The third kappa shape index (κ3) is 2.79. The van der Waals surface area contributed by atoms with Crippen LogP contribution in [0.5, 0.6) is 0 Å². The Labute approximate surface area is 111 Å². The number of nitrogens with zero attached hydrogens (tertiary/aromatic N) is 3. The summed E-state index contributed by atoms with van der Waals surface area (Å²) in [5, 5.41) is 9.48. The Morgan fingerprint density at radius 1 is 1.33 bits per heavy atom. The van der Waals surface area contributed by atoms with Crippen LogP contribution < -0.4 is 4.90 Å². The van der Waals surface area contributed by atoms with Crippen molar-refractivity contribution < 1.29 is 0 Å². The van der Waals surface area contributed by atoms with Gasteiger partial charge in [0.15, 0.2) is 0 Å². The number of benzene rings is 1. The van der Waals surface area contributed by atoms with Crippen molar-refractivity contribution in [1.82, 2.24) is 4.98 Å². The van der Waals surface area contributed by atoms with E-state index in [1.54, 1.807) is 18.3 Å². The van der Waals surface area contributed by atoms with E-state index in [0.29, 0.717) is 17.1 Å². The molecule has 0 amide bonds. The van der Waals surface area contributed by atoms with E-state index in [4.69, 9.17) is 16.9 Å². The molecule has 1 aromatic heterocycles. The Kier molecular flexibility index (Phi) is 3.81. The Hall–Kier alpha value is -2.05. The lowest BCUT2D eigenvalue weighted by Crippen LogP contribution is -2.18. The Morgan fingerprint density at radius 3 is 2.89 bits per heavy atom. The van der Waals surface area contributed by atoms with Gasteiger partial charge in [-0.3, -0.25) is 0 Å².